The maximum Gasteiger partial charge on any atom is 0.208 e. The van der Waals surface area contributed by atoms with E-state index in [0.29, 0.717) is 22.5 Å². The van der Waals surface area contributed by atoms with E-state index in [1.807, 2.05) is 0 Å². The van der Waals surface area contributed by atoms with Crippen LogP contribution in [0.15, 0.2) is 36.4 Å². The lowest BCUT2D eigenvalue weighted by Gasteiger charge is -2.14. The molecule has 0 saturated carbocycles. The van der Waals surface area contributed by atoms with Crippen molar-refractivity contribution in [3.05, 3.63) is 70.8 Å². The number of nitrogen functional groups attached to an aromatic ring is 2. The van der Waals surface area contributed by atoms with Crippen molar-refractivity contribution in [2.24, 2.45) is 0 Å². The van der Waals surface area contributed by atoms with Crippen molar-refractivity contribution in [1.82, 2.24) is 0 Å². The quantitative estimate of drug-likeness (QED) is 0.344. The fraction of sp³-hybridized carbons (Fsp3) is 0.100. The second-order valence-corrected chi connectivity index (χ2v) is 6.16. The highest BCUT2D eigenvalue weighted by Crippen LogP contribution is 2.39. The second-order valence-electron chi connectivity index (χ2n) is 6.16. The molecule has 4 nitrogen and oxygen atoms in total. The van der Waals surface area contributed by atoms with Crippen LogP contribution >= 0.6 is 0 Å². The van der Waals surface area contributed by atoms with Crippen LogP contribution in [0.4, 0.5) is 28.9 Å². The van der Waals surface area contributed by atoms with E-state index in [-0.39, 0.29) is 11.5 Å². The number of rotatable bonds is 4. The van der Waals surface area contributed by atoms with Crippen molar-refractivity contribution >= 4 is 11.4 Å². The summed E-state index contributed by atoms with van der Waals surface area (Å²) in [6.07, 6.45) is 0. The van der Waals surface area contributed by atoms with Gasteiger partial charge in [0, 0.05) is 11.4 Å². The molecule has 0 aromatic heterocycles. The van der Waals surface area contributed by atoms with Crippen molar-refractivity contribution in [2.75, 3.05) is 11.5 Å². The van der Waals surface area contributed by atoms with Crippen LogP contribution in [0.5, 0.6) is 23.0 Å². The van der Waals surface area contributed by atoms with E-state index in [1.54, 1.807) is 13.8 Å². The molecule has 146 valence electrons. The predicted molar refractivity (Wildman–Crippen MR) is 97.6 cm³/mol. The summed E-state index contributed by atoms with van der Waals surface area (Å²) in [6, 6.07) is 8.27. The third-order valence-electron chi connectivity index (χ3n) is 4.11. The van der Waals surface area contributed by atoms with E-state index in [0.717, 1.165) is 0 Å². The van der Waals surface area contributed by atoms with Gasteiger partial charge in [0.15, 0.2) is 0 Å². The average Bonchev–Trinajstić information content (AvgIpc) is 2.66. The van der Waals surface area contributed by atoms with Crippen LogP contribution < -0.4 is 20.9 Å². The zero-order valence-electron chi connectivity index (χ0n) is 14.9. The molecule has 0 spiro atoms. The first kappa shape index (κ1) is 19.3. The van der Waals surface area contributed by atoms with Gasteiger partial charge in [0.1, 0.15) is 11.5 Å². The fourth-order valence-electron chi connectivity index (χ4n) is 2.43. The van der Waals surface area contributed by atoms with Crippen molar-refractivity contribution < 1.29 is 27.0 Å². The first-order valence-electron chi connectivity index (χ1n) is 8.13. The van der Waals surface area contributed by atoms with Crippen molar-refractivity contribution in [3.63, 3.8) is 0 Å². The van der Waals surface area contributed by atoms with E-state index in [2.05, 4.69) is 0 Å². The van der Waals surface area contributed by atoms with Gasteiger partial charge in [-0.15, -0.1) is 0 Å². The third-order valence-corrected chi connectivity index (χ3v) is 4.11. The molecular weight excluding hydrogens is 376 g/mol. The number of hydrogen-bond acceptors (Lipinski definition) is 4. The molecule has 0 aliphatic heterocycles. The topological polar surface area (TPSA) is 70.5 Å². The molecule has 0 heterocycles. The Kier molecular flexibility index (Phi) is 5.04. The Morgan fingerprint density at radius 2 is 0.929 bits per heavy atom. The highest BCUT2D eigenvalue weighted by atomic mass is 19.2. The number of benzene rings is 3. The summed E-state index contributed by atoms with van der Waals surface area (Å²) in [5, 5.41) is 0. The number of ether oxygens (including phenoxy) is 2. The largest absolute Gasteiger partial charge is 0.451 e. The standard InChI is InChI=1S/C20H16F4N2O2/c1-9-7-11(3-5-13(9)25)27-19-15(21)17(23)20(18(24)16(19)22)28-12-4-6-14(26)10(2)8-12/h3-8H,25-26H2,1-2H3. The van der Waals surface area contributed by atoms with Gasteiger partial charge in [0.2, 0.25) is 34.8 Å². The maximum atomic E-state index is 14.4. The lowest BCUT2D eigenvalue weighted by atomic mass is 10.2. The average molecular weight is 392 g/mol. The number of hydrogen-bond donors (Lipinski definition) is 2. The van der Waals surface area contributed by atoms with Crippen molar-refractivity contribution in [3.8, 4) is 23.0 Å². The first-order valence-corrected chi connectivity index (χ1v) is 8.13. The Labute approximate surface area is 158 Å². The Balaban J connectivity index is 2.01. The van der Waals surface area contributed by atoms with Crippen LogP contribution in [0.2, 0.25) is 0 Å². The van der Waals surface area contributed by atoms with Crippen molar-refractivity contribution in [2.45, 2.75) is 13.8 Å². The van der Waals surface area contributed by atoms with Crippen LogP contribution in [-0.4, -0.2) is 0 Å². The molecule has 8 heteroatoms. The van der Waals surface area contributed by atoms with Gasteiger partial charge in [-0.1, -0.05) is 0 Å². The molecule has 3 aromatic carbocycles. The molecule has 0 aliphatic carbocycles. The lowest BCUT2D eigenvalue weighted by molar-refractivity contribution is 0.330. The molecule has 0 radical (unpaired) electrons. The van der Waals surface area contributed by atoms with Gasteiger partial charge in [-0.25, -0.2) is 0 Å². The molecule has 0 aliphatic rings. The van der Waals surface area contributed by atoms with E-state index >= 15 is 0 Å². The molecule has 0 unspecified atom stereocenters. The van der Waals surface area contributed by atoms with Crippen LogP contribution in [0.25, 0.3) is 0 Å². The summed E-state index contributed by atoms with van der Waals surface area (Å²) in [7, 11) is 0. The molecule has 4 N–H and O–H groups in total. The minimum absolute atomic E-state index is 0.0360. The molecule has 3 aromatic rings. The summed E-state index contributed by atoms with van der Waals surface area (Å²) in [5.41, 5.74) is 13.3. The second kappa shape index (κ2) is 7.30. The SMILES string of the molecule is Cc1cc(Oc2c(F)c(F)c(Oc3ccc(N)c(C)c3)c(F)c2F)ccc1N. The predicted octanol–water partition coefficient (Wildman–Crippen LogP) is 5.61. The summed E-state index contributed by atoms with van der Waals surface area (Å²) in [4.78, 5) is 0. The molecule has 0 bridgehead atoms. The summed E-state index contributed by atoms with van der Waals surface area (Å²) in [5.74, 6) is -9.42. The number of nitrogens with two attached hydrogens (primary N) is 2. The summed E-state index contributed by atoms with van der Waals surface area (Å²) in [6.45, 7) is 3.28. The van der Waals surface area contributed by atoms with Gasteiger partial charge in [-0.05, 0) is 61.4 Å². The molecular formula is C20H16F4N2O2. The maximum absolute atomic E-state index is 14.4. The minimum Gasteiger partial charge on any atom is -0.451 e. The van der Waals surface area contributed by atoms with Crippen molar-refractivity contribution in [1.29, 1.82) is 0 Å². The molecule has 0 amide bonds. The van der Waals surface area contributed by atoms with E-state index in [9.17, 15) is 17.6 Å². The molecule has 28 heavy (non-hydrogen) atoms. The Morgan fingerprint density at radius 3 is 1.21 bits per heavy atom. The third kappa shape index (κ3) is 3.53. The summed E-state index contributed by atoms with van der Waals surface area (Å²) < 4.78 is 67.6. The number of aryl methyl sites for hydroxylation is 2. The monoisotopic (exact) mass is 392 g/mol. The Morgan fingerprint density at radius 1 is 0.607 bits per heavy atom. The molecule has 0 fully saturated rings. The minimum atomic E-state index is -1.73. The Bertz CT molecular complexity index is 957. The van der Waals surface area contributed by atoms with Gasteiger partial charge >= 0.3 is 0 Å². The zero-order chi connectivity index (χ0) is 20.6. The first-order chi connectivity index (χ1) is 13.2. The number of halogens is 4. The van der Waals surface area contributed by atoms with E-state index < -0.39 is 34.8 Å². The number of anilines is 2. The van der Waals surface area contributed by atoms with Crippen LogP contribution in [0.3, 0.4) is 0 Å². The van der Waals surface area contributed by atoms with Gasteiger partial charge < -0.3 is 20.9 Å². The Hall–Kier alpha value is -3.42. The lowest BCUT2D eigenvalue weighted by Crippen LogP contribution is -2.04. The summed E-state index contributed by atoms with van der Waals surface area (Å²) >= 11 is 0. The van der Waals surface area contributed by atoms with Crippen LogP contribution in [0.1, 0.15) is 11.1 Å². The molecule has 0 atom stereocenters. The normalized spacial score (nSPS) is 10.8. The highest BCUT2D eigenvalue weighted by Gasteiger charge is 2.29. The molecule has 3 rings (SSSR count). The highest BCUT2D eigenvalue weighted by molar-refractivity contribution is 5.52. The zero-order valence-corrected chi connectivity index (χ0v) is 14.9. The van der Waals surface area contributed by atoms with E-state index in [1.165, 1.54) is 36.4 Å². The fourth-order valence-corrected chi connectivity index (χ4v) is 2.43. The van der Waals surface area contributed by atoms with Gasteiger partial charge in [-0.3, -0.25) is 0 Å². The molecule has 0 saturated heterocycles. The van der Waals surface area contributed by atoms with Crippen LogP contribution in [-0.2, 0) is 0 Å². The smallest absolute Gasteiger partial charge is 0.208 e. The van der Waals surface area contributed by atoms with Crippen LogP contribution in [0, 0.1) is 37.1 Å². The van der Waals surface area contributed by atoms with Gasteiger partial charge in [0.05, 0.1) is 0 Å². The van der Waals surface area contributed by atoms with Gasteiger partial charge in [-0.2, -0.15) is 17.6 Å². The van der Waals surface area contributed by atoms with Gasteiger partial charge in [0.25, 0.3) is 0 Å². The van der Waals surface area contributed by atoms with E-state index in [4.69, 9.17) is 20.9 Å².